The SMILES string of the molecule is O=C(C1=CSC(c2cccnc2)N1)c1cc2ccccc2[nH]1. The molecule has 0 bridgehead atoms. The third kappa shape index (κ3) is 2.29. The maximum Gasteiger partial charge on any atom is 0.225 e. The lowest BCUT2D eigenvalue weighted by atomic mass is 10.2. The zero-order chi connectivity index (χ0) is 14.9. The number of hydrogen-bond acceptors (Lipinski definition) is 4. The van der Waals surface area contributed by atoms with E-state index in [2.05, 4.69) is 15.3 Å². The Hall–Kier alpha value is -2.53. The number of para-hydroxylation sites is 1. The van der Waals surface area contributed by atoms with Crippen molar-refractivity contribution in [1.29, 1.82) is 0 Å². The van der Waals surface area contributed by atoms with Crippen LogP contribution in [0.5, 0.6) is 0 Å². The normalized spacial score (nSPS) is 17.3. The van der Waals surface area contributed by atoms with Crippen LogP contribution < -0.4 is 5.32 Å². The van der Waals surface area contributed by atoms with Crippen molar-refractivity contribution in [1.82, 2.24) is 15.3 Å². The molecule has 1 atom stereocenters. The van der Waals surface area contributed by atoms with E-state index in [1.54, 1.807) is 18.0 Å². The summed E-state index contributed by atoms with van der Waals surface area (Å²) in [6.45, 7) is 0. The number of ketones is 1. The quantitative estimate of drug-likeness (QED) is 0.726. The minimum absolute atomic E-state index is 0.0184. The number of nitrogens with one attached hydrogen (secondary N) is 2. The van der Waals surface area contributed by atoms with Crippen LogP contribution in [0.1, 0.15) is 21.4 Å². The summed E-state index contributed by atoms with van der Waals surface area (Å²) >= 11 is 1.59. The Bertz CT molecular complexity index is 837. The van der Waals surface area contributed by atoms with Crippen LogP contribution in [-0.2, 0) is 0 Å². The molecule has 0 radical (unpaired) electrons. The molecular formula is C17H13N3OS. The van der Waals surface area contributed by atoms with E-state index < -0.39 is 0 Å². The van der Waals surface area contributed by atoms with Crippen LogP contribution in [0.15, 0.2) is 66.0 Å². The van der Waals surface area contributed by atoms with Gasteiger partial charge in [-0.1, -0.05) is 24.3 Å². The molecule has 1 unspecified atom stereocenters. The van der Waals surface area contributed by atoms with Crippen LogP contribution >= 0.6 is 11.8 Å². The number of hydrogen-bond donors (Lipinski definition) is 2. The number of aromatic amines is 1. The van der Waals surface area contributed by atoms with Gasteiger partial charge in [0.1, 0.15) is 5.37 Å². The summed E-state index contributed by atoms with van der Waals surface area (Å²) in [6, 6.07) is 13.7. The third-order valence-corrected chi connectivity index (χ3v) is 4.65. The molecule has 0 amide bonds. The minimum atomic E-state index is -0.0184. The first kappa shape index (κ1) is 13.2. The van der Waals surface area contributed by atoms with Gasteiger partial charge < -0.3 is 10.3 Å². The van der Waals surface area contributed by atoms with Gasteiger partial charge in [-0.25, -0.2) is 0 Å². The van der Waals surface area contributed by atoms with Crippen LogP contribution in [0.25, 0.3) is 10.9 Å². The van der Waals surface area contributed by atoms with Crippen molar-refractivity contribution in [3.05, 3.63) is 77.2 Å². The fourth-order valence-corrected chi connectivity index (χ4v) is 3.44. The topological polar surface area (TPSA) is 57.8 Å². The van der Waals surface area contributed by atoms with E-state index in [0.29, 0.717) is 11.4 Å². The van der Waals surface area contributed by atoms with Crippen molar-refractivity contribution < 1.29 is 4.79 Å². The smallest absolute Gasteiger partial charge is 0.225 e. The average Bonchev–Trinajstić information content (AvgIpc) is 3.22. The highest BCUT2D eigenvalue weighted by atomic mass is 32.2. The van der Waals surface area contributed by atoms with E-state index in [-0.39, 0.29) is 11.2 Å². The lowest BCUT2D eigenvalue weighted by Crippen LogP contribution is -2.19. The number of pyridine rings is 1. The van der Waals surface area contributed by atoms with Crippen molar-refractivity contribution >= 4 is 28.4 Å². The van der Waals surface area contributed by atoms with Crippen molar-refractivity contribution in [2.75, 3.05) is 0 Å². The average molecular weight is 307 g/mol. The number of allylic oxidation sites excluding steroid dienone is 1. The molecule has 4 rings (SSSR count). The number of fused-ring (bicyclic) bond motifs is 1. The molecule has 5 heteroatoms. The van der Waals surface area contributed by atoms with Gasteiger partial charge in [-0.05, 0) is 18.2 Å². The number of aromatic nitrogens is 2. The zero-order valence-electron chi connectivity index (χ0n) is 11.6. The van der Waals surface area contributed by atoms with Crippen LogP contribution in [0, 0.1) is 0 Å². The van der Waals surface area contributed by atoms with Crippen molar-refractivity contribution in [3.63, 3.8) is 0 Å². The second-order valence-electron chi connectivity index (χ2n) is 5.08. The Morgan fingerprint density at radius 1 is 1.18 bits per heavy atom. The van der Waals surface area contributed by atoms with Crippen molar-refractivity contribution in [2.24, 2.45) is 0 Å². The van der Waals surface area contributed by atoms with Gasteiger partial charge in [-0.3, -0.25) is 9.78 Å². The Morgan fingerprint density at radius 3 is 2.91 bits per heavy atom. The molecule has 0 saturated heterocycles. The van der Waals surface area contributed by atoms with E-state index in [4.69, 9.17) is 0 Å². The maximum absolute atomic E-state index is 12.6. The summed E-state index contributed by atoms with van der Waals surface area (Å²) in [7, 11) is 0. The van der Waals surface area contributed by atoms with E-state index >= 15 is 0 Å². The van der Waals surface area contributed by atoms with E-state index in [9.17, 15) is 4.79 Å². The molecule has 108 valence electrons. The second kappa shape index (κ2) is 5.35. The Morgan fingerprint density at radius 2 is 2.09 bits per heavy atom. The van der Waals surface area contributed by atoms with E-state index in [1.807, 2.05) is 54.1 Å². The highest BCUT2D eigenvalue weighted by Crippen LogP contribution is 2.34. The van der Waals surface area contributed by atoms with Crippen LogP contribution in [0.3, 0.4) is 0 Å². The molecule has 2 N–H and O–H groups in total. The number of carbonyl (C=O) groups is 1. The van der Waals surface area contributed by atoms with Gasteiger partial charge in [-0.2, -0.15) is 0 Å². The molecular weight excluding hydrogens is 294 g/mol. The lowest BCUT2D eigenvalue weighted by molar-refractivity contribution is 0.102. The molecule has 1 aromatic carbocycles. The highest BCUT2D eigenvalue weighted by Gasteiger charge is 2.24. The number of Topliss-reactive ketones (excluding diaryl/α,β-unsaturated/α-hetero) is 1. The summed E-state index contributed by atoms with van der Waals surface area (Å²) in [4.78, 5) is 19.9. The number of rotatable bonds is 3. The number of carbonyl (C=O) groups excluding carboxylic acids is 1. The minimum Gasteiger partial charge on any atom is -0.366 e. The van der Waals surface area contributed by atoms with Gasteiger partial charge in [0.15, 0.2) is 0 Å². The van der Waals surface area contributed by atoms with Crippen LogP contribution in [0.4, 0.5) is 0 Å². The van der Waals surface area contributed by atoms with E-state index in [0.717, 1.165) is 16.5 Å². The molecule has 1 aliphatic rings. The molecule has 0 spiro atoms. The van der Waals surface area contributed by atoms with Gasteiger partial charge in [-0.15, -0.1) is 11.8 Å². The largest absolute Gasteiger partial charge is 0.366 e. The summed E-state index contributed by atoms with van der Waals surface area (Å²) in [5.41, 5.74) is 3.25. The fraction of sp³-hybridized carbons (Fsp3) is 0.0588. The maximum atomic E-state index is 12.6. The zero-order valence-corrected chi connectivity index (χ0v) is 12.4. The number of H-pyrrole nitrogens is 1. The molecule has 22 heavy (non-hydrogen) atoms. The van der Waals surface area contributed by atoms with Crippen LogP contribution in [0.2, 0.25) is 0 Å². The van der Waals surface area contributed by atoms with E-state index in [1.165, 1.54) is 0 Å². The molecule has 1 aliphatic heterocycles. The van der Waals surface area contributed by atoms with Gasteiger partial charge in [0.2, 0.25) is 5.78 Å². The lowest BCUT2D eigenvalue weighted by Gasteiger charge is -2.11. The first-order chi connectivity index (χ1) is 10.8. The monoisotopic (exact) mass is 307 g/mol. The number of thioether (sulfide) groups is 1. The van der Waals surface area contributed by atoms with Crippen LogP contribution in [-0.4, -0.2) is 15.8 Å². The molecule has 3 heterocycles. The summed E-state index contributed by atoms with van der Waals surface area (Å²) in [5.74, 6) is -0.0184. The predicted octanol–water partition coefficient (Wildman–Crippen LogP) is 3.62. The molecule has 0 aliphatic carbocycles. The van der Waals surface area contributed by atoms with Crippen molar-refractivity contribution in [2.45, 2.75) is 5.37 Å². The third-order valence-electron chi connectivity index (χ3n) is 3.61. The molecule has 0 fully saturated rings. The van der Waals surface area contributed by atoms with Gasteiger partial charge >= 0.3 is 0 Å². The van der Waals surface area contributed by atoms with Gasteiger partial charge in [0, 0.05) is 34.3 Å². The number of benzene rings is 1. The molecule has 2 aromatic heterocycles. The fourth-order valence-electron chi connectivity index (χ4n) is 2.50. The predicted molar refractivity (Wildman–Crippen MR) is 88.4 cm³/mol. The number of nitrogens with zero attached hydrogens (tertiary/aromatic N) is 1. The Labute approximate surface area is 131 Å². The summed E-state index contributed by atoms with van der Waals surface area (Å²) in [6.07, 6.45) is 3.56. The molecule has 0 saturated carbocycles. The molecule has 3 aromatic rings. The Kier molecular flexibility index (Phi) is 3.20. The second-order valence-corrected chi connectivity index (χ2v) is 6.06. The highest BCUT2D eigenvalue weighted by molar-refractivity contribution is 8.02. The van der Waals surface area contributed by atoms with Gasteiger partial charge in [0.05, 0.1) is 11.4 Å². The first-order valence-electron chi connectivity index (χ1n) is 6.96. The Balaban J connectivity index is 1.56. The first-order valence-corrected chi connectivity index (χ1v) is 7.90. The standard InChI is InChI=1S/C17H13N3OS/c21-16(14-8-11-4-1-2-6-13(11)19-14)15-10-22-17(20-15)12-5-3-7-18-9-12/h1-10,17,19-20H. The van der Waals surface area contributed by atoms with Gasteiger partial charge in [0.25, 0.3) is 0 Å². The summed E-state index contributed by atoms with van der Waals surface area (Å²) in [5, 5.41) is 6.23. The summed E-state index contributed by atoms with van der Waals surface area (Å²) < 4.78 is 0. The van der Waals surface area contributed by atoms with Crippen molar-refractivity contribution in [3.8, 4) is 0 Å². The molecule has 4 nitrogen and oxygen atoms in total.